The Hall–Kier alpha value is -1.34. The molecule has 0 aliphatic heterocycles. The summed E-state index contributed by atoms with van der Waals surface area (Å²) < 4.78 is 0.612. The van der Waals surface area contributed by atoms with Crippen molar-refractivity contribution in [3.8, 4) is 6.07 Å². The number of nitriles is 1. The number of carbonyl (C=O) groups is 1. The molecule has 0 N–H and O–H groups in total. The fourth-order valence-electron chi connectivity index (χ4n) is 1.79. The van der Waals surface area contributed by atoms with Crippen LogP contribution in [0.3, 0.4) is 0 Å². The van der Waals surface area contributed by atoms with Gasteiger partial charge in [-0.3, -0.25) is 4.79 Å². The smallest absolute Gasteiger partial charge is 0.184 e. The summed E-state index contributed by atoms with van der Waals surface area (Å²) >= 11 is 15.2. The minimum Gasteiger partial charge on any atom is -0.292 e. The second-order valence-corrected chi connectivity index (χ2v) is 5.75. The van der Waals surface area contributed by atoms with Gasteiger partial charge in [0.05, 0.1) is 11.1 Å². The zero-order valence-electron chi connectivity index (χ0n) is 10.1. The summed E-state index contributed by atoms with van der Waals surface area (Å²) in [5, 5.41) is 10.2. The van der Waals surface area contributed by atoms with Gasteiger partial charge in [-0.15, -0.1) is 0 Å². The molecular formula is C15H8BrCl2NO. The first-order valence-electron chi connectivity index (χ1n) is 5.68. The van der Waals surface area contributed by atoms with Gasteiger partial charge in [0.25, 0.3) is 0 Å². The third-order valence-electron chi connectivity index (χ3n) is 2.81. The summed E-state index contributed by atoms with van der Waals surface area (Å²) in [5.41, 5.74) is 0.917. The van der Waals surface area contributed by atoms with Gasteiger partial charge in [-0.1, -0.05) is 41.4 Å². The molecule has 2 aromatic carbocycles. The van der Waals surface area contributed by atoms with E-state index in [4.69, 9.17) is 23.2 Å². The van der Waals surface area contributed by atoms with E-state index in [9.17, 15) is 10.1 Å². The van der Waals surface area contributed by atoms with E-state index in [1.54, 1.807) is 42.5 Å². The van der Waals surface area contributed by atoms with Crippen LogP contribution in [0.4, 0.5) is 0 Å². The fourth-order valence-corrected chi connectivity index (χ4v) is 2.54. The maximum absolute atomic E-state index is 12.4. The Bertz CT molecular complexity index is 709. The van der Waals surface area contributed by atoms with Crippen LogP contribution < -0.4 is 0 Å². The van der Waals surface area contributed by atoms with Crippen molar-refractivity contribution in [1.82, 2.24) is 0 Å². The number of hydrogen-bond donors (Lipinski definition) is 0. The van der Waals surface area contributed by atoms with Crippen molar-refractivity contribution in [2.24, 2.45) is 0 Å². The average molecular weight is 369 g/mol. The van der Waals surface area contributed by atoms with Crippen LogP contribution in [0.1, 0.15) is 21.8 Å². The van der Waals surface area contributed by atoms with Gasteiger partial charge >= 0.3 is 0 Å². The van der Waals surface area contributed by atoms with Crippen LogP contribution in [0, 0.1) is 11.3 Å². The maximum atomic E-state index is 12.4. The van der Waals surface area contributed by atoms with Crippen LogP contribution in [0.15, 0.2) is 46.9 Å². The number of hydrogen-bond acceptors (Lipinski definition) is 2. The van der Waals surface area contributed by atoms with Gasteiger partial charge in [0.15, 0.2) is 5.78 Å². The van der Waals surface area contributed by atoms with Crippen LogP contribution in [0.2, 0.25) is 10.0 Å². The third-order valence-corrected chi connectivity index (χ3v) is 4.37. The third kappa shape index (κ3) is 3.04. The molecule has 5 heteroatoms. The van der Waals surface area contributed by atoms with Gasteiger partial charge in [0, 0.05) is 15.1 Å². The van der Waals surface area contributed by atoms with E-state index in [-0.39, 0.29) is 5.78 Å². The van der Waals surface area contributed by atoms with Crippen molar-refractivity contribution in [2.45, 2.75) is 5.92 Å². The quantitative estimate of drug-likeness (QED) is 0.694. The van der Waals surface area contributed by atoms with Crippen LogP contribution >= 0.6 is 39.1 Å². The van der Waals surface area contributed by atoms with Gasteiger partial charge in [0.1, 0.15) is 5.92 Å². The average Bonchev–Trinajstić information content (AvgIpc) is 2.44. The molecule has 0 amide bonds. The Morgan fingerprint density at radius 1 is 1.15 bits per heavy atom. The molecule has 100 valence electrons. The lowest BCUT2D eigenvalue weighted by atomic mass is 9.92. The first-order valence-corrected chi connectivity index (χ1v) is 7.23. The highest BCUT2D eigenvalue weighted by Crippen LogP contribution is 2.29. The fraction of sp³-hybridized carbons (Fsp3) is 0.0667. The van der Waals surface area contributed by atoms with Crippen LogP contribution in [0.25, 0.3) is 0 Å². The highest BCUT2D eigenvalue weighted by molar-refractivity contribution is 9.10. The molecule has 0 aliphatic carbocycles. The summed E-state index contributed by atoms with van der Waals surface area (Å²) in [5.74, 6) is -1.24. The molecule has 0 bridgehead atoms. The van der Waals surface area contributed by atoms with Gasteiger partial charge in [-0.25, -0.2) is 0 Å². The molecule has 2 aromatic rings. The molecule has 1 atom stereocenters. The van der Waals surface area contributed by atoms with Crippen LogP contribution in [-0.2, 0) is 0 Å². The number of benzene rings is 2. The summed E-state index contributed by atoms with van der Waals surface area (Å²) in [7, 11) is 0. The van der Waals surface area contributed by atoms with E-state index in [2.05, 4.69) is 15.9 Å². The molecule has 2 nitrogen and oxygen atoms in total. The zero-order chi connectivity index (χ0) is 14.7. The molecule has 0 radical (unpaired) electrons. The van der Waals surface area contributed by atoms with Gasteiger partial charge in [0.2, 0.25) is 0 Å². The Kier molecular flexibility index (Phi) is 4.82. The normalized spacial score (nSPS) is 11.7. The molecular weight excluding hydrogens is 361 g/mol. The number of rotatable bonds is 3. The molecule has 0 aromatic heterocycles. The minimum atomic E-state index is -0.934. The van der Waals surface area contributed by atoms with E-state index in [0.29, 0.717) is 25.6 Å². The number of halogens is 3. The van der Waals surface area contributed by atoms with Crippen molar-refractivity contribution in [2.75, 3.05) is 0 Å². The van der Waals surface area contributed by atoms with Crippen LogP contribution in [-0.4, -0.2) is 5.78 Å². The van der Waals surface area contributed by atoms with E-state index in [1.807, 2.05) is 6.07 Å². The molecule has 0 aliphatic rings. The monoisotopic (exact) mass is 367 g/mol. The van der Waals surface area contributed by atoms with Gasteiger partial charge in [-0.05, 0) is 45.8 Å². The molecule has 2 rings (SSSR count). The minimum absolute atomic E-state index is 0.307. The van der Waals surface area contributed by atoms with Crippen molar-refractivity contribution >= 4 is 44.9 Å². The predicted molar refractivity (Wildman–Crippen MR) is 83.3 cm³/mol. The van der Waals surface area contributed by atoms with Gasteiger partial charge in [-0.2, -0.15) is 5.26 Å². The lowest BCUT2D eigenvalue weighted by Gasteiger charge is -2.11. The van der Waals surface area contributed by atoms with Crippen molar-refractivity contribution in [3.63, 3.8) is 0 Å². The molecule has 0 fully saturated rings. The second kappa shape index (κ2) is 6.41. The van der Waals surface area contributed by atoms with E-state index < -0.39 is 5.92 Å². The van der Waals surface area contributed by atoms with E-state index in [1.165, 1.54) is 0 Å². The lowest BCUT2D eigenvalue weighted by molar-refractivity contribution is 0.0979. The highest BCUT2D eigenvalue weighted by atomic mass is 79.9. The van der Waals surface area contributed by atoms with Crippen molar-refractivity contribution < 1.29 is 4.79 Å². The Balaban J connectivity index is 2.42. The Morgan fingerprint density at radius 2 is 1.85 bits per heavy atom. The SMILES string of the molecule is N#CC(C(=O)c1ccc(Cl)c(Br)c1)c1ccccc1Cl. The zero-order valence-corrected chi connectivity index (χ0v) is 13.2. The molecule has 0 saturated carbocycles. The van der Waals surface area contributed by atoms with E-state index >= 15 is 0 Å². The van der Waals surface area contributed by atoms with Crippen molar-refractivity contribution in [1.29, 1.82) is 5.26 Å². The maximum Gasteiger partial charge on any atom is 0.184 e. The molecule has 20 heavy (non-hydrogen) atoms. The second-order valence-electron chi connectivity index (χ2n) is 4.08. The van der Waals surface area contributed by atoms with Gasteiger partial charge < -0.3 is 0 Å². The topological polar surface area (TPSA) is 40.9 Å². The standard InChI is InChI=1S/C15H8BrCl2NO/c16-12-7-9(5-6-14(12)18)15(20)11(8-19)10-3-1-2-4-13(10)17/h1-7,11H. The summed E-state index contributed by atoms with van der Waals surface area (Å²) in [6.45, 7) is 0. The summed E-state index contributed by atoms with van der Waals surface area (Å²) in [4.78, 5) is 12.4. The largest absolute Gasteiger partial charge is 0.292 e. The Labute approximate surface area is 135 Å². The van der Waals surface area contributed by atoms with Crippen molar-refractivity contribution in [3.05, 3.63) is 68.1 Å². The lowest BCUT2D eigenvalue weighted by Crippen LogP contribution is -2.11. The summed E-state index contributed by atoms with van der Waals surface area (Å²) in [6, 6.07) is 13.7. The number of nitrogens with zero attached hydrogens (tertiary/aromatic N) is 1. The van der Waals surface area contributed by atoms with Crippen LogP contribution in [0.5, 0.6) is 0 Å². The molecule has 0 spiro atoms. The summed E-state index contributed by atoms with van der Waals surface area (Å²) in [6.07, 6.45) is 0. The molecule has 1 unspecified atom stereocenters. The highest BCUT2D eigenvalue weighted by Gasteiger charge is 2.24. The number of carbonyl (C=O) groups excluding carboxylic acids is 1. The first kappa shape index (κ1) is 15.1. The van der Waals surface area contributed by atoms with E-state index in [0.717, 1.165) is 0 Å². The Morgan fingerprint density at radius 3 is 2.45 bits per heavy atom. The number of ketones is 1. The first-order chi connectivity index (χ1) is 9.54. The number of Topliss-reactive ketones (excluding diaryl/α,β-unsaturated/α-hetero) is 1. The molecule has 0 saturated heterocycles. The predicted octanol–water partition coefficient (Wildman–Crippen LogP) is 5.25. The molecule has 0 heterocycles.